The van der Waals surface area contributed by atoms with Crippen LogP contribution in [0.25, 0.3) is 0 Å². The van der Waals surface area contributed by atoms with Gasteiger partial charge in [-0.1, -0.05) is 23.3 Å². The van der Waals surface area contributed by atoms with Gasteiger partial charge in [-0.3, -0.25) is 18.1 Å². The number of phosphoric acid groups is 2. The quantitative estimate of drug-likeness (QED) is 0.283. The maximum atomic E-state index is 12.3. The predicted molar refractivity (Wildman–Crippen MR) is 99.9 cm³/mol. The average molecular weight is 412 g/mol. The molecular weight excluding hydrogens is 382 g/mol. The summed E-state index contributed by atoms with van der Waals surface area (Å²) in [5.74, 6) is 0.183. The number of hydrogen-bond acceptors (Lipinski definition) is 8. The molecule has 0 spiro atoms. The highest BCUT2D eigenvalue weighted by molar-refractivity contribution is 7.62. The molecule has 152 valence electrons. The molecule has 0 aliphatic carbocycles. The third-order valence-corrected chi connectivity index (χ3v) is 6.85. The summed E-state index contributed by atoms with van der Waals surface area (Å²) < 4.78 is 47.8. The van der Waals surface area contributed by atoms with E-state index in [1.54, 1.807) is 13.0 Å². The molecule has 0 aromatic rings. The molecule has 0 radical (unpaired) electrons. The van der Waals surface area contributed by atoms with Crippen LogP contribution in [0.5, 0.6) is 0 Å². The van der Waals surface area contributed by atoms with E-state index in [9.17, 15) is 13.9 Å². The van der Waals surface area contributed by atoms with Crippen molar-refractivity contribution in [2.24, 2.45) is 0 Å². The number of carbonyl (C=O) groups excluding carboxylic acids is 1. The lowest BCUT2D eigenvalue weighted by Gasteiger charge is -2.19. The molecule has 1 atom stereocenters. The largest absolute Gasteiger partial charge is 0.483 e. The van der Waals surface area contributed by atoms with Crippen LogP contribution in [0.1, 0.15) is 46.5 Å². The van der Waals surface area contributed by atoms with Crippen molar-refractivity contribution < 1.29 is 36.3 Å². The molecule has 0 saturated carbocycles. The number of phosphoric ester groups is 2. The Balaban J connectivity index is 4.47. The summed E-state index contributed by atoms with van der Waals surface area (Å²) in [6, 6.07) is 0. The lowest BCUT2D eigenvalue weighted by atomic mass is 10.1. The van der Waals surface area contributed by atoms with Crippen LogP contribution in [-0.2, 0) is 36.3 Å². The molecule has 0 bridgehead atoms. The third kappa shape index (κ3) is 11.2. The summed E-state index contributed by atoms with van der Waals surface area (Å²) in [7, 11) is -4.76. The van der Waals surface area contributed by atoms with Crippen LogP contribution in [0.3, 0.4) is 0 Å². The molecule has 0 aliphatic rings. The zero-order valence-corrected chi connectivity index (χ0v) is 18.1. The molecule has 26 heavy (non-hydrogen) atoms. The van der Waals surface area contributed by atoms with Gasteiger partial charge in [0.25, 0.3) is 0 Å². The number of ketones is 1. The normalized spacial score (nSPS) is 15.8. The Morgan fingerprint density at radius 3 is 1.85 bits per heavy atom. The minimum atomic E-state index is -4.07. The molecule has 8 nitrogen and oxygen atoms in total. The van der Waals surface area contributed by atoms with Crippen molar-refractivity contribution >= 4 is 21.4 Å². The van der Waals surface area contributed by atoms with Crippen LogP contribution >= 0.6 is 15.6 Å². The first kappa shape index (κ1) is 25.4. The minimum absolute atomic E-state index is 0.0442. The molecular formula is C16H30O8P2. The van der Waals surface area contributed by atoms with E-state index in [0.717, 1.165) is 46.2 Å². The van der Waals surface area contributed by atoms with E-state index in [4.69, 9.17) is 13.4 Å². The van der Waals surface area contributed by atoms with Crippen LogP contribution in [0.2, 0.25) is 0 Å². The van der Waals surface area contributed by atoms with E-state index in [0.29, 0.717) is 6.42 Å². The Morgan fingerprint density at radius 1 is 0.808 bits per heavy atom. The molecule has 0 aromatic carbocycles. The van der Waals surface area contributed by atoms with Gasteiger partial charge in [-0.15, -0.1) is 0 Å². The number of allylic oxidation sites excluding steroid dienone is 3. The van der Waals surface area contributed by atoms with Gasteiger partial charge in [-0.25, -0.2) is 9.13 Å². The number of carbonyl (C=O) groups is 1. The molecule has 0 heterocycles. The van der Waals surface area contributed by atoms with E-state index >= 15 is 0 Å². The Hall–Kier alpha value is -0.590. The summed E-state index contributed by atoms with van der Waals surface area (Å²) in [5, 5.41) is 0. The van der Waals surface area contributed by atoms with Gasteiger partial charge in [-0.2, -0.15) is 4.31 Å². The topological polar surface area (TPSA) is 97.4 Å². The molecule has 0 N–H and O–H groups in total. The smallest absolute Gasteiger partial charge is 0.300 e. The first-order valence-electron chi connectivity index (χ1n) is 8.13. The van der Waals surface area contributed by atoms with Gasteiger partial charge in [0.1, 0.15) is 5.78 Å². The van der Waals surface area contributed by atoms with Gasteiger partial charge >= 0.3 is 15.6 Å². The summed E-state index contributed by atoms with van der Waals surface area (Å²) in [6.07, 6.45) is 6.77. The Kier molecular flexibility index (Phi) is 12.4. The van der Waals surface area contributed by atoms with Crippen LogP contribution in [0, 0.1) is 0 Å². The fourth-order valence-corrected chi connectivity index (χ4v) is 4.25. The summed E-state index contributed by atoms with van der Waals surface area (Å²) in [6.45, 7) is 5.45. The second-order valence-electron chi connectivity index (χ2n) is 5.66. The molecule has 0 aliphatic heterocycles. The molecule has 0 aromatic heterocycles. The van der Waals surface area contributed by atoms with Crippen molar-refractivity contribution in [1.29, 1.82) is 0 Å². The van der Waals surface area contributed by atoms with Crippen molar-refractivity contribution in [2.45, 2.75) is 46.5 Å². The number of hydrogen-bond donors (Lipinski definition) is 0. The minimum Gasteiger partial charge on any atom is -0.300 e. The monoisotopic (exact) mass is 412 g/mol. The van der Waals surface area contributed by atoms with Gasteiger partial charge in [0.05, 0.1) is 6.61 Å². The van der Waals surface area contributed by atoms with Gasteiger partial charge < -0.3 is 4.79 Å². The fraction of sp³-hybridized carbons (Fsp3) is 0.688. The highest BCUT2D eigenvalue weighted by Gasteiger charge is 2.38. The Labute approximate surface area is 156 Å². The lowest BCUT2D eigenvalue weighted by Crippen LogP contribution is -2.00. The standard InChI is InChI=1S/C16H30O8P2/c1-14(10-11-16(3)17)8-7-9-15(2)12-13-23-26(19,22-6)24-25(18,20-4)21-5/h8,12H,7,9-11,13H2,1-6H3/b14-8+,15-12+. The zero-order valence-electron chi connectivity index (χ0n) is 16.4. The lowest BCUT2D eigenvalue weighted by molar-refractivity contribution is -0.116. The Morgan fingerprint density at radius 2 is 1.35 bits per heavy atom. The van der Waals surface area contributed by atoms with Crippen molar-refractivity contribution in [3.8, 4) is 0 Å². The van der Waals surface area contributed by atoms with Gasteiger partial charge in [0, 0.05) is 27.8 Å². The van der Waals surface area contributed by atoms with E-state index in [2.05, 4.69) is 15.1 Å². The van der Waals surface area contributed by atoms with Gasteiger partial charge in [-0.05, 0) is 40.0 Å². The van der Waals surface area contributed by atoms with Crippen molar-refractivity contribution in [1.82, 2.24) is 0 Å². The average Bonchev–Trinajstić information content (AvgIpc) is 2.59. The highest BCUT2D eigenvalue weighted by atomic mass is 31.3. The second-order valence-corrected chi connectivity index (χ2v) is 9.46. The van der Waals surface area contributed by atoms with Crippen LogP contribution in [-0.4, -0.2) is 33.7 Å². The third-order valence-electron chi connectivity index (χ3n) is 3.44. The van der Waals surface area contributed by atoms with Crippen molar-refractivity contribution in [3.63, 3.8) is 0 Å². The maximum Gasteiger partial charge on any atom is 0.483 e. The van der Waals surface area contributed by atoms with Gasteiger partial charge in [0.15, 0.2) is 0 Å². The molecule has 0 rings (SSSR count). The molecule has 0 amide bonds. The maximum absolute atomic E-state index is 12.3. The first-order valence-corrected chi connectivity index (χ1v) is 11.1. The number of rotatable bonds is 14. The summed E-state index contributed by atoms with van der Waals surface area (Å²) >= 11 is 0. The van der Waals surface area contributed by atoms with Crippen molar-refractivity contribution in [2.75, 3.05) is 27.9 Å². The second kappa shape index (κ2) is 12.7. The zero-order chi connectivity index (χ0) is 20.2. The van der Waals surface area contributed by atoms with E-state index in [1.807, 2.05) is 13.8 Å². The van der Waals surface area contributed by atoms with E-state index in [-0.39, 0.29) is 12.4 Å². The van der Waals surface area contributed by atoms with E-state index < -0.39 is 15.6 Å². The summed E-state index contributed by atoms with van der Waals surface area (Å²) in [5.41, 5.74) is 2.20. The SMILES string of the molecule is COP(=O)(OC)OP(=O)(OC)OC/C=C(\C)CC/C=C(\C)CCC(C)=O. The summed E-state index contributed by atoms with van der Waals surface area (Å²) in [4.78, 5) is 11.0. The van der Waals surface area contributed by atoms with Gasteiger partial charge in [0.2, 0.25) is 0 Å². The number of Topliss-reactive ketones (excluding diaryl/α,β-unsaturated/α-hetero) is 1. The van der Waals surface area contributed by atoms with Crippen LogP contribution < -0.4 is 0 Å². The highest BCUT2D eigenvalue weighted by Crippen LogP contribution is 2.64. The van der Waals surface area contributed by atoms with E-state index in [1.165, 1.54) is 5.57 Å². The fourth-order valence-electron chi connectivity index (χ4n) is 1.77. The van der Waals surface area contributed by atoms with Crippen molar-refractivity contribution in [3.05, 3.63) is 23.3 Å². The molecule has 1 unspecified atom stereocenters. The molecule has 0 fully saturated rings. The molecule has 10 heteroatoms. The van der Waals surface area contributed by atoms with Crippen LogP contribution in [0.15, 0.2) is 23.3 Å². The Bertz CT molecular complexity index is 589. The predicted octanol–water partition coefficient (Wildman–Crippen LogP) is 5.22. The first-order chi connectivity index (χ1) is 12.1. The molecule has 0 saturated heterocycles. The van der Waals surface area contributed by atoms with Crippen LogP contribution in [0.4, 0.5) is 0 Å².